The van der Waals surface area contributed by atoms with Gasteiger partial charge in [-0.25, -0.2) is 4.98 Å². The highest BCUT2D eigenvalue weighted by Gasteiger charge is 2.30. The number of ether oxygens (including phenoxy) is 2. The molecule has 132 valence electrons. The highest BCUT2D eigenvalue weighted by atomic mass is 32.1. The van der Waals surface area contributed by atoms with E-state index in [1.165, 1.54) is 15.9 Å². The molecule has 1 atom stereocenters. The molecule has 3 heterocycles. The number of aromatic nitrogens is 3. The number of morpholine rings is 1. The van der Waals surface area contributed by atoms with Gasteiger partial charge in [-0.3, -0.25) is 4.90 Å². The molecule has 1 aromatic carbocycles. The number of fused-ring (bicyclic) bond motifs is 1. The van der Waals surface area contributed by atoms with E-state index in [4.69, 9.17) is 9.47 Å². The molecule has 0 spiro atoms. The third-order valence-corrected chi connectivity index (χ3v) is 5.45. The lowest BCUT2D eigenvalue weighted by molar-refractivity contribution is 0.0241. The fourth-order valence-corrected chi connectivity index (χ4v) is 4.36. The van der Waals surface area contributed by atoms with E-state index in [2.05, 4.69) is 21.0 Å². The maximum absolute atomic E-state index is 10.8. The van der Waals surface area contributed by atoms with Crippen molar-refractivity contribution in [2.45, 2.75) is 13.0 Å². The minimum atomic E-state index is -0.0900. The van der Waals surface area contributed by atoms with Crippen LogP contribution in [-0.4, -0.2) is 58.0 Å². The Morgan fingerprint density at radius 3 is 2.84 bits per heavy atom. The first-order valence-electron chi connectivity index (χ1n) is 8.18. The predicted octanol–water partition coefficient (Wildman–Crippen LogP) is 2.24. The van der Waals surface area contributed by atoms with Crippen molar-refractivity contribution in [2.24, 2.45) is 0 Å². The molecule has 25 heavy (non-hydrogen) atoms. The van der Waals surface area contributed by atoms with Crippen LogP contribution in [0.4, 0.5) is 0 Å². The fourth-order valence-electron chi connectivity index (χ4n) is 3.20. The summed E-state index contributed by atoms with van der Waals surface area (Å²) in [7, 11) is 1.66. The van der Waals surface area contributed by atoms with Crippen molar-refractivity contribution in [3.63, 3.8) is 0 Å². The molecule has 1 fully saturated rings. The number of benzene rings is 1. The van der Waals surface area contributed by atoms with Crippen LogP contribution in [0.25, 0.3) is 4.96 Å². The van der Waals surface area contributed by atoms with Gasteiger partial charge in [-0.1, -0.05) is 23.5 Å². The molecule has 0 bridgehead atoms. The summed E-state index contributed by atoms with van der Waals surface area (Å²) in [6.45, 7) is 4.78. The molecule has 4 rings (SSSR count). The first-order valence-corrected chi connectivity index (χ1v) is 9.00. The molecular weight excluding hydrogens is 340 g/mol. The zero-order chi connectivity index (χ0) is 17.4. The van der Waals surface area contributed by atoms with Gasteiger partial charge in [0.15, 0.2) is 0 Å². The lowest BCUT2D eigenvalue weighted by Gasteiger charge is -2.34. The van der Waals surface area contributed by atoms with Crippen LogP contribution >= 0.6 is 11.3 Å². The smallest absolute Gasteiger partial charge is 0.230 e. The van der Waals surface area contributed by atoms with Gasteiger partial charge in [0, 0.05) is 13.1 Å². The van der Waals surface area contributed by atoms with E-state index in [0.29, 0.717) is 24.0 Å². The maximum Gasteiger partial charge on any atom is 0.230 e. The molecule has 0 radical (unpaired) electrons. The van der Waals surface area contributed by atoms with Crippen molar-refractivity contribution in [2.75, 3.05) is 33.4 Å². The van der Waals surface area contributed by atoms with Crippen LogP contribution in [-0.2, 0) is 4.74 Å². The minimum absolute atomic E-state index is 0.0900. The lowest BCUT2D eigenvalue weighted by atomic mass is 10.0. The summed E-state index contributed by atoms with van der Waals surface area (Å²) in [6, 6.07) is 7.88. The van der Waals surface area contributed by atoms with E-state index in [-0.39, 0.29) is 11.9 Å². The molecule has 0 saturated carbocycles. The Bertz CT molecular complexity index is 885. The Kier molecular flexibility index (Phi) is 4.32. The number of methoxy groups -OCH3 is 1. The molecule has 3 aromatic rings. The summed E-state index contributed by atoms with van der Waals surface area (Å²) in [4.78, 5) is 8.25. The van der Waals surface area contributed by atoms with Crippen LogP contribution in [0, 0.1) is 6.92 Å². The number of aryl methyl sites for hydroxylation is 1. The molecule has 1 saturated heterocycles. The zero-order valence-corrected chi connectivity index (χ0v) is 15.0. The van der Waals surface area contributed by atoms with Crippen LogP contribution in [0.1, 0.15) is 22.3 Å². The third kappa shape index (κ3) is 2.97. The Labute approximate surface area is 149 Å². The van der Waals surface area contributed by atoms with Gasteiger partial charge in [-0.15, -0.1) is 5.10 Å². The monoisotopic (exact) mass is 360 g/mol. The number of nitrogens with zero attached hydrogens (tertiary/aromatic N) is 4. The summed E-state index contributed by atoms with van der Waals surface area (Å²) < 4.78 is 12.4. The summed E-state index contributed by atoms with van der Waals surface area (Å²) in [5, 5.41) is 15.1. The molecule has 7 nitrogen and oxygen atoms in total. The van der Waals surface area contributed by atoms with E-state index in [9.17, 15) is 5.11 Å². The molecule has 2 aromatic heterocycles. The van der Waals surface area contributed by atoms with Crippen molar-refractivity contribution in [3.05, 3.63) is 40.5 Å². The van der Waals surface area contributed by atoms with Crippen LogP contribution in [0.5, 0.6) is 11.6 Å². The van der Waals surface area contributed by atoms with E-state index in [1.807, 2.05) is 25.1 Å². The minimum Gasteiger partial charge on any atom is -0.497 e. The first-order chi connectivity index (χ1) is 12.2. The van der Waals surface area contributed by atoms with Gasteiger partial charge in [0.05, 0.1) is 31.2 Å². The number of aromatic hydroxyl groups is 1. The van der Waals surface area contributed by atoms with Gasteiger partial charge < -0.3 is 14.6 Å². The number of thiazole rings is 1. The van der Waals surface area contributed by atoms with Crippen molar-refractivity contribution in [1.29, 1.82) is 0 Å². The van der Waals surface area contributed by atoms with Gasteiger partial charge in [0.1, 0.15) is 11.6 Å². The number of hydrogen-bond donors (Lipinski definition) is 1. The van der Waals surface area contributed by atoms with E-state index in [1.54, 1.807) is 7.11 Å². The first kappa shape index (κ1) is 16.3. The maximum atomic E-state index is 10.8. The summed E-state index contributed by atoms with van der Waals surface area (Å²) in [5.41, 5.74) is 1.07. The van der Waals surface area contributed by atoms with E-state index in [0.717, 1.165) is 29.3 Å². The van der Waals surface area contributed by atoms with Crippen molar-refractivity contribution >= 4 is 16.3 Å². The SMILES string of the molecule is COc1cccc([C@@H](c2sc3nc(C)nn3c2O)N2CCOCC2)c1. The van der Waals surface area contributed by atoms with Gasteiger partial charge >= 0.3 is 0 Å². The molecule has 1 N–H and O–H groups in total. The van der Waals surface area contributed by atoms with E-state index >= 15 is 0 Å². The van der Waals surface area contributed by atoms with Crippen molar-refractivity contribution in [1.82, 2.24) is 19.5 Å². The van der Waals surface area contributed by atoms with E-state index < -0.39 is 0 Å². The van der Waals surface area contributed by atoms with Crippen molar-refractivity contribution < 1.29 is 14.6 Å². The van der Waals surface area contributed by atoms with Crippen LogP contribution in [0.3, 0.4) is 0 Å². The third-order valence-electron chi connectivity index (χ3n) is 4.37. The Morgan fingerprint density at radius 2 is 2.12 bits per heavy atom. The topological polar surface area (TPSA) is 72.1 Å². The number of hydrogen-bond acceptors (Lipinski definition) is 7. The van der Waals surface area contributed by atoms with Gasteiger partial charge in [0.25, 0.3) is 0 Å². The highest BCUT2D eigenvalue weighted by molar-refractivity contribution is 7.17. The second-order valence-electron chi connectivity index (χ2n) is 5.97. The normalized spacial score (nSPS) is 17.0. The van der Waals surface area contributed by atoms with Crippen molar-refractivity contribution in [3.8, 4) is 11.6 Å². The lowest BCUT2D eigenvalue weighted by Crippen LogP contribution is -2.39. The zero-order valence-electron chi connectivity index (χ0n) is 14.2. The van der Waals surface area contributed by atoms with Gasteiger partial charge in [0.2, 0.25) is 10.8 Å². The molecule has 1 aliphatic heterocycles. The standard InChI is InChI=1S/C17H20N4O3S/c1-11-18-17-21(19-11)16(22)15(25-17)14(20-6-8-24-9-7-20)12-4-3-5-13(10-12)23-2/h3-5,10,14,22H,6-9H2,1-2H3/t14-/m0/s1. The van der Waals surface area contributed by atoms with Gasteiger partial charge in [-0.2, -0.15) is 4.52 Å². The van der Waals surface area contributed by atoms with Crippen LogP contribution in [0.15, 0.2) is 24.3 Å². The molecule has 0 unspecified atom stereocenters. The summed E-state index contributed by atoms with van der Waals surface area (Å²) in [6.07, 6.45) is 0. The largest absolute Gasteiger partial charge is 0.497 e. The highest BCUT2D eigenvalue weighted by Crippen LogP contribution is 2.40. The Balaban J connectivity index is 1.83. The molecule has 0 aliphatic carbocycles. The Morgan fingerprint density at radius 1 is 1.32 bits per heavy atom. The summed E-state index contributed by atoms with van der Waals surface area (Å²) in [5.74, 6) is 1.60. The second-order valence-corrected chi connectivity index (χ2v) is 6.98. The number of rotatable bonds is 4. The molecular formula is C17H20N4O3S. The molecule has 8 heteroatoms. The fraction of sp³-hybridized carbons (Fsp3) is 0.412. The quantitative estimate of drug-likeness (QED) is 0.769. The summed E-state index contributed by atoms with van der Waals surface area (Å²) >= 11 is 1.47. The van der Waals surface area contributed by atoms with Crippen LogP contribution < -0.4 is 4.74 Å². The molecule has 0 amide bonds. The van der Waals surface area contributed by atoms with Crippen LogP contribution in [0.2, 0.25) is 0 Å². The molecule has 1 aliphatic rings. The predicted molar refractivity (Wildman–Crippen MR) is 94.5 cm³/mol. The average molecular weight is 360 g/mol. The Hall–Kier alpha value is -2.16. The average Bonchev–Trinajstić information content (AvgIpc) is 3.14. The second kappa shape index (κ2) is 6.62. The van der Waals surface area contributed by atoms with Gasteiger partial charge in [-0.05, 0) is 24.6 Å².